The molecule has 2 saturated heterocycles. The quantitative estimate of drug-likeness (QED) is 0.790. The zero-order valence-electron chi connectivity index (χ0n) is 16.4. The topological polar surface area (TPSA) is 67.8 Å². The van der Waals surface area contributed by atoms with E-state index in [4.69, 9.17) is 0 Å². The molecule has 3 rings (SSSR count). The number of likely N-dealkylation sites (tertiary alicyclic amines) is 1. The summed E-state index contributed by atoms with van der Waals surface area (Å²) in [5.74, 6) is 1.63. The van der Waals surface area contributed by atoms with Crippen molar-refractivity contribution in [3.8, 4) is 0 Å². The van der Waals surface area contributed by atoms with Crippen LogP contribution in [0.1, 0.15) is 33.1 Å². The number of anilines is 2. The van der Waals surface area contributed by atoms with Gasteiger partial charge in [-0.3, -0.25) is 4.90 Å². The van der Waals surface area contributed by atoms with Gasteiger partial charge in [-0.2, -0.15) is 4.98 Å². The van der Waals surface area contributed by atoms with Gasteiger partial charge in [-0.05, 0) is 52.3 Å². The van der Waals surface area contributed by atoms with E-state index in [9.17, 15) is 5.11 Å². The predicted octanol–water partition coefficient (Wildman–Crippen LogP) is 1.26. The average Bonchev–Trinajstić information content (AvgIpc) is 2.68. The number of rotatable bonds is 6. The van der Waals surface area contributed by atoms with Crippen molar-refractivity contribution in [2.75, 3.05) is 56.6 Å². The second-order valence-electron chi connectivity index (χ2n) is 7.70. The summed E-state index contributed by atoms with van der Waals surface area (Å²) < 4.78 is 0. The Hall–Kier alpha value is -1.44. The van der Waals surface area contributed by atoms with E-state index in [1.807, 2.05) is 19.3 Å². The van der Waals surface area contributed by atoms with E-state index in [0.717, 1.165) is 37.8 Å². The molecule has 26 heavy (non-hydrogen) atoms. The van der Waals surface area contributed by atoms with Crippen molar-refractivity contribution in [1.82, 2.24) is 19.8 Å². The molecule has 1 atom stereocenters. The molecule has 0 unspecified atom stereocenters. The Bertz CT molecular complexity index is 561. The highest BCUT2D eigenvalue weighted by atomic mass is 16.3. The van der Waals surface area contributed by atoms with E-state index in [1.54, 1.807) is 0 Å². The Balaban J connectivity index is 1.64. The van der Waals surface area contributed by atoms with Crippen LogP contribution in [0.5, 0.6) is 0 Å². The highest BCUT2D eigenvalue weighted by Gasteiger charge is 2.34. The molecule has 0 bridgehead atoms. The standard InChI is InChI=1S/C19H34N6O/c1-15(2)23-9-5-16(6-10-23)25-12-11-24(14-17(25)7-13-26)19-21-8-4-18(20-3)22-19/h4,8,15-17,26H,5-7,9-14H2,1-3H3,(H,20,21,22)/t17-/m1/s1. The van der Waals surface area contributed by atoms with Crippen molar-refractivity contribution in [2.45, 2.75) is 51.2 Å². The molecule has 1 aromatic rings. The zero-order chi connectivity index (χ0) is 18.5. The highest BCUT2D eigenvalue weighted by Crippen LogP contribution is 2.25. The van der Waals surface area contributed by atoms with Gasteiger partial charge in [-0.1, -0.05) is 0 Å². The van der Waals surface area contributed by atoms with E-state index in [2.05, 4.69) is 43.8 Å². The normalized spacial score (nSPS) is 23.6. The largest absolute Gasteiger partial charge is 0.396 e. The van der Waals surface area contributed by atoms with Crippen LogP contribution in [0.25, 0.3) is 0 Å². The molecule has 3 heterocycles. The van der Waals surface area contributed by atoms with E-state index >= 15 is 0 Å². The third-order valence-corrected chi connectivity index (χ3v) is 5.87. The minimum absolute atomic E-state index is 0.233. The minimum atomic E-state index is 0.233. The molecule has 2 fully saturated rings. The van der Waals surface area contributed by atoms with Gasteiger partial charge in [0.25, 0.3) is 0 Å². The summed E-state index contributed by atoms with van der Waals surface area (Å²) in [5, 5.41) is 12.7. The Morgan fingerprint density at radius 3 is 2.65 bits per heavy atom. The number of aromatic nitrogens is 2. The monoisotopic (exact) mass is 362 g/mol. The molecule has 2 aliphatic heterocycles. The molecule has 2 N–H and O–H groups in total. The predicted molar refractivity (Wildman–Crippen MR) is 106 cm³/mol. The van der Waals surface area contributed by atoms with Crippen LogP contribution < -0.4 is 10.2 Å². The molecule has 7 nitrogen and oxygen atoms in total. The lowest BCUT2D eigenvalue weighted by Crippen LogP contribution is -2.59. The second kappa shape index (κ2) is 8.97. The maximum absolute atomic E-state index is 9.59. The highest BCUT2D eigenvalue weighted by molar-refractivity contribution is 5.41. The first kappa shape index (κ1) is 19.3. The number of aliphatic hydroxyl groups excluding tert-OH is 1. The number of nitrogens with zero attached hydrogens (tertiary/aromatic N) is 5. The fourth-order valence-electron chi connectivity index (χ4n) is 4.31. The lowest BCUT2D eigenvalue weighted by molar-refractivity contribution is 0.0461. The van der Waals surface area contributed by atoms with Crippen LogP contribution >= 0.6 is 0 Å². The zero-order valence-corrected chi connectivity index (χ0v) is 16.4. The minimum Gasteiger partial charge on any atom is -0.396 e. The van der Waals surface area contributed by atoms with Crippen LogP contribution in [0.15, 0.2) is 12.3 Å². The molecular weight excluding hydrogens is 328 g/mol. The number of hydrogen-bond acceptors (Lipinski definition) is 7. The Kier molecular flexibility index (Phi) is 6.67. The summed E-state index contributed by atoms with van der Waals surface area (Å²) in [6.07, 6.45) is 5.08. The molecule has 0 spiro atoms. The second-order valence-corrected chi connectivity index (χ2v) is 7.70. The van der Waals surface area contributed by atoms with Gasteiger partial charge in [0, 0.05) is 57.6 Å². The van der Waals surface area contributed by atoms with Gasteiger partial charge in [-0.15, -0.1) is 0 Å². The summed E-state index contributed by atoms with van der Waals surface area (Å²) >= 11 is 0. The molecule has 2 aliphatic rings. The van der Waals surface area contributed by atoms with Gasteiger partial charge in [-0.25, -0.2) is 4.98 Å². The molecule has 7 heteroatoms. The third-order valence-electron chi connectivity index (χ3n) is 5.87. The number of hydrogen-bond donors (Lipinski definition) is 2. The number of aliphatic hydroxyl groups is 1. The lowest BCUT2D eigenvalue weighted by atomic mass is 9.97. The number of piperidine rings is 1. The molecular formula is C19H34N6O. The van der Waals surface area contributed by atoms with E-state index in [0.29, 0.717) is 18.1 Å². The maximum atomic E-state index is 9.59. The first-order valence-corrected chi connectivity index (χ1v) is 9.98. The van der Waals surface area contributed by atoms with Crippen molar-refractivity contribution < 1.29 is 5.11 Å². The first-order valence-electron chi connectivity index (χ1n) is 9.98. The van der Waals surface area contributed by atoms with Gasteiger partial charge < -0.3 is 20.2 Å². The SMILES string of the molecule is CNc1ccnc(N2CCN(C3CCN(C(C)C)CC3)[C@H](CCO)C2)n1. The Morgan fingerprint density at radius 2 is 2.00 bits per heavy atom. The van der Waals surface area contributed by atoms with Crippen LogP contribution in [-0.4, -0.2) is 89.4 Å². The number of piperazine rings is 1. The van der Waals surface area contributed by atoms with Crippen molar-refractivity contribution in [3.63, 3.8) is 0 Å². The molecule has 0 aromatic carbocycles. The Morgan fingerprint density at radius 1 is 1.23 bits per heavy atom. The summed E-state index contributed by atoms with van der Waals surface area (Å²) in [4.78, 5) is 16.5. The molecule has 0 aliphatic carbocycles. The molecule has 0 radical (unpaired) electrons. The van der Waals surface area contributed by atoms with E-state index in [-0.39, 0.29) is 6.61 Å². The van der Waals surface area contributed by atoms with E-state index < -0.39 is 0 Å². The Labute approximate surface area is 157 Å². The van der Waals surface area contributed by atoms with Gasteiger partial charge >= 0.3 is 0 Å². The van der Waals surface area contributed by atoms with Gasteiger partial charge in [0.05, 0.1) is 0 Å². The molecule has 0 saturated carbocycles. The van der Waals surface area contributed by atoms with Crippen LogP contribution in [-0.2, 0) is 0 Å². The van der Waals surface area contributed by atoms with Crippen molar-refractivity contribution in [3.05, 3.63) is 12.3 Å². The first-order chi connectivity index (χ1) is 12.6. The lowest BCUT2D eigenvalue weighted by Gasteiger charge is -2.48. The fraction of sp³-hybridized carbons (Fsp3) is 0.789. The maximum Gasteiger partial charge on any atom is 0.227 e. The summed E-state index contributed by atoms with van der Waals surface area (Å²) in [5.41, 5.74) is 0. The average molecular weight is 363 g/mol. The van der Waals surface area contributed by atoms with E-state index in [1.165, 1.54) is 25.9 Å². The van der Waals surface area contributed by atoms with Crippen molar-refractivity contribution in [2.24, 2.45) is 0 Å². The van der Waals surface area contributed by atoms with Gasteiger partial charge in [0.2, 0.25) is 5.95 Å². The van der Waals surface area contributed by atoms with Crippen LogP contribution in [0.4, 0.5) is 11.8 Å². The third kappa shape index (κ3) is 4.45. The summed E-state index contributed by atoms with van der Waals surface area (Å²) in [6.45, 7) is 10.0. The van der Waals surface area contributed by atoms with Gasteiger partial charge in [0.15, 0.2) is 0 Å². The summed E-state index contributed by atoms with van der Waals surface area (Å²) in [6, 6.07) is 3.52. The van der Waals surface area contributed by atoms with Gasteiger partial charge in [0.1, 0.15) is 5.82 Å². The smallest absolute Gasteiger partial charge is 0.227 e. The van der Waals surface area contributed by atoms with Crippen LogP contribution in [0, 0.1) is 0 Å². The molecule has 1 aromatic heterocycles. The molecule has 0 amide bonds. The number of nitrogens with one attached hydrogen (secondary N) is 1. The summed E-state index contributed by atoms with van der Waals surface area (Å²) in [7, 11) is 1.88. The van der Waals surface area contributed by atoms with Crippen molar-refractivity contribution >= 4 is 11.8 Å². The van der Waals surface area contributed by atoms with Crippen molar-refractivity contribution in [1.29, 1.82) is 0 Å². The van der Waals surface area contributed by atoms with Crippen LogP contribution in [0.3, 0.4) is 0 Å². The fourth-order valence-corrected chi connectivity index (χ4v) is 4.31. The molecule has 146 valence electrons. The van der Waals surface area contributed by atoms with Crippen LogP contribution in [0.2, 0.25) is 0 Å².